The van der Waals surface area contributed by atoms with Gasteiger partial charge in [-0.3, -0.25) is 0 Å². The molecule has 348 valence electrons. The Kier molecular flexibility index (Phi) is 9.96. The number of anilines is 6. The summed E-state index contributed by atoms with van der Waals surface area (Å²) in [4.78, 5) is 5.13. The number of hydrogen-bond donors (Lipinski definition) is 0. The Morgan fingerprint density at radius 1 is 0.361 bits per heavy atom. The molecule has 2 aliphatic heterocycles. The van der Waals surface area contributed by atoms with Crippen molar-refractivity contribution in [3.05, 3.63) is 223 Å². The molecule has 11 aromatic rings. The van der Waals surface area contributed by atoms with E-state index in [4.69, 9.17) is 8.83 Å². The Bertz CT molecular complexity index is 3610. The number of rotatable bonds is 6. The van der Waals surface area contributed by atoms with Gasteiger partial charge >= 0.3 is 0 Å². The fourth-order valence-corrected chi connectivity index (χ4v) is 11.3. The quantitative estimate of drug-likeness (QED) is 0.156. The predicted molar refractivity (Wildman–Crippen MR) is 304 cm³/mol. The molecule has 0 atom stereocenters. The molecule has 4 heterocycles. The van der Waals surface area contributed by atoms with Gasteiger partial charge in [0.05, 0.1) is 11.4 Å². The standard InChI is InChI=1S/C67H55BN2O2/c1-42-34-59-65-60(35-42)70(56-31-27-48(37-52(56)44-20-12-9-13-21-44)64-39-46-23-15-17-25-62(46)72-64)58-33-29-50(67(5,6)7)41-54(58)68(65)53-40-49(66(2,3)4)28-32-57(53)69(59)55-30-26-47(36-51(55)43-18-10-8-11-19-43)63-38-45-22-14-16-24-61(45)71-63/h8-41H,1-7H3. The highest BCUT2D eigenvalue weighted by Crippen LogP contribution is 2.50. The Morgan fingerprint density at radius 3 is 1.18 bits per heavy atom. The van der Waals surface area contributed by atoms with Crippen molar-refractivity contribution in [3.8, 4) is 44.9 Å². The first-order valence-electron chi connectivity index (χ1n) is 25.3. The third kappa shape index (κ3) is 7.21. The highest BCUT2D eigenvalue weighted by Gasteiger charge is 2.45. The second-order valence-corrected chi connectivity index (χ2v) is 21.9. The maximum absolute atomic E-state index is 6.54. The molecule has 0 aliphatic carbocycles. The van der Waals surface area contributed by atoms with E-state index < -0.39 is 0 Å². The lowest BCUT2D eigenvalue weighted by molar-refractivity contribution is 0.590. The molecule has 0 saturated heterocycles. The van der Waals surface area contributed by atoms with Gasteiger partial charge in [-0.05, 0) is 147 Å². The maximum atomic E-state index is 6.54. The minimum Gasteiger partial charge on any atom is -0.456 e. The summed E-state index contributed by atoms with van der Waals surface area (Å²) < 4.78 is 13.1. The average molecular weight is 931 g/mol. The highest BCUT2D eigenvalue weighted by molar-refractivity contribution is 7.00. The van der Waals surface area contributed by atoms with Gasteiger partial charge in [-0.2, -0.15) is 0 Å². The van der Waals surface area contributed by atoms with Gasteiger partial charge in [-0.1, -0.05) is 163 Å². The van der Waals surface area contributed by atoms with Crippen molar-refractivity contribution < 1.29 is 8.83 Å². The topological polar surface area (TPSA) is 32.8 Å². The molecule has 0 saturated carbocycles. The van der Waals surface area contributed by atoms with Crippen molar-refractivity contribution >= 4 is 79.2 Å². The van der Waals surface area contributed by atoms with Crippen molar-refractivity contribution in [2.45, 2.75) is 59.3 Å². The molecular formula is C67H55BN2O2. The van der Waals surface area contributed by atoms with Crippen molar-refractivity contribution in [1.82, 2.24) is 0 Å². The van der Waals surface area contributed by atoms with E-state index in [2.05, 4.69) is 240 Å². The Morgan fingerprint density at radius 2 is 0.764 bits per heavy atom. The van der Waals surface area contributed by atoms with Crippen molar-refractivity contribution in [2.75, 3.05) is 9.80 Å². The number of fused-ring (bicyclic) bond motifs is 6. The van der Waals surface area contributed by atoms with Crippen molar-refractivity contribution in [3.63, 3.8) is 0 Å². The molecule has 5 heteroatoms. The molecule has 4 nitrogen and oxygen atoms in total. The minimum absolute atomic E-state index is 0.0531. The molecule has 0 amide bonds. The smallest absolute Gasteiger partial charge is 0.252 e. The van der Waals surface area contributed by atoms with E-state index in [0.717, 1.165) is 78.2 Å². The second kappa shape index (κ2) is 16.4. The normalized spacial score (nSPS) is 13.1. The van der Waals surface area contributed by atoms with Crippen molar-refractivity contribution in [2.24, 2.45) is 0 Å². The molecule has 0 N–H and O–H groups in total. The lowest BCUT2D eigenvalue weighted by Gasteiger charge is -2.45. The van der Waals surface area contributed by atoms with Gasteiger partial charge < -0.3 is 18.6 Å². The molecule has 13 rings (SSSR count). The first kappa shape index (κ1) is 43.7. The molecule has 2 aliphatic rings. The van der Waals surface area contributed by atoms with Crippen LogP contribution in [0.4, 0.5) is 34.1 Å². The number of hydrogen-bond acceptors (Lipinski definition) is 4. The highest BCUT2D eigenvalue weighted by atomic mass is 16.3. The molecule has 9 aromatic carbocycles. The van der Waals surface area contributed by atoms with Gasteiger partial charge in [-0.25, -0.2) is 0 Å². The largest absolute Gasteiger partial charge is 0.456 e. The monoisotopic (exact) mass is 930 g/mol. The van der Waals surface area contributed by atoms with E-state index in [-0.39, 0.29) is 17.5 Å². The van der Waals surface area contributed by atoms with Crippen molar-refractivity contribution in [1.29, 1.82) is 0 Å². The zero-order valence-corrected chi connectivity index (χ0v) is 41.9. The van der Waals surface area contributed by atoms with Crippen LogP contribution >= 0.6 is 0 Å². The fraction of sp³-hybridized carbons (Fsp3) is 0.134. The SMILES string of the molecule is Cc1cc2c3c(c1)N(c1ccc(-c4cc5ccccc5o4)cc1-c1ccccc1)c1ccc(C(C)(C)C)cc1B3c1cc(C(C)(C)C)ccc1N2c1ccc(-c2cc3ccccc3o2)cc1-c1ccccc1. The third-order valence-electron chi connectivity index (χ3n) is 15.0. The summed E-state index contributed by atoms with van der Waals surface area (Å²) in [5.41, 5.74) is 22.9. The molecule has 2 aromatic heterocycles. The molecule has 0 radical (unpaired) electrons. The number of furan rings is 2. The molecule has 0 fully saturated rings. The van der Waals surface area contributed by atoms with Gasteiger partial charge in [-0.15, -0.1) is 0 Å². The second-order valence-electron chi connectivity index (χ2n) is 21.9. The van der Waals surface area contributed by atoms with Crippen LogP contribution in [0.3, 0.4) is 0 Å². The third-order valence-corrected chi connectivity index (χ3v) is 15.0. The average Bonchev–Trinajstić information content (AvgIpc) is 4.04. The first-order valence-corrected chi connectivity index (χ1v) is 25.3. The van der Waals surface area contributed by atoms with Gasteiger partial charge in [0, 0.05) is 55.8 Å². The summed E-state index contributed by atoms with van der Waals surface area (Å²) in [6, 6.07) is 75.7. The van der Waals surface area contributed by atoms with Crippen LogP contribution in [0, 0.1) is 6.92 Å². The van der Waals surface area contributed by atoms with Crippen LogP contribution in [0.2, 0.25) is 0 Å². The lowest BCUT2D eigenvalue weighted by Crippen LogP contribution is -2.61. The summed E-state index contributed by atoms with van der Waals surface area (Å²) in [7, 11) is 0. The fourth-order valence-electron chi connectivity index (χ4n) is 11.3. The number of aryl methyl sites for hydroxylation is 1. The minimum atomic E-state index is -0.0807. The van der Waals surface area contributed by atoms with E-state index in [1.54, 1.807) is 0 Å². The van der Waals surface area contributed by atoms with E-state index in [0.29, 0.717) is 0 Å². The summed E-state index contributed by atoms with van der Waals surface area (Å²) in [5, 5.41) is 2.18. The maximum Gasteiger partial charge on any atom is 0.252 e. The zero-order valence-electron chi connectivity index (χ0n) is 41.9. The van der Waals surface area contributed by atoms with Gasteiger partial charge in [0.25, 0.3) is 6.71 Å². The number of nitrogens with zero attached hydrogens (tertiary/aromatic N) is 2. The Hall–Kier alpha value is -8.28. The molecule has 72 heavy (non-hydrogen) atoms. The molecule has 0 bridgehead atoms. The summed E-state index contributed by atoms with van der Waals surface area (Å²) in [6.45, 7) is 16.2. The van der Waals surface area contributed by atoms with Gasteiger partial charge in [0.15, 0.2) is 0 Å². The zero-order chi connectivity index (χ0) is 49.0. The number of para-hydroxylation sites is 2. The lowest BCUT2D eigenvalue weighted by atomic mass is 9.33. The van der Waals surface area contributed by atoms with Crippen LogP contribution in [0.15, 0.2) is 215 Å². The Labute approximate surface area is 422 Å². The van der Waals surface area contributed by atoms with E-state index in [9.17, 15) is 0 Å². The molecule has 0 spiro atoms. The predicted octanol–water partition coefficient (Wildman–Crippen LogP) is 16.8. The van der Waals surface area contributed by atoms with Gasteiger partial charge in [0.2, 0.25) is 0 Å². The van der Waals surface area contributed by atoms with E-state index in [1.807, 2.05) is 24.3 Å². The van der Waals surface area contributed by atoms with E-state index in [1.165, 1.54) is 55.8 Å². The number of benzene rings is 9. The van der Waals surface area contributed by atoms with Crippen LogP contribution in [0.5, 0.6) is 0 Å². The van der Waals surface area contributed by atoms with Gasteiger partial charge in [0.1, 0.15) is 22.7 Å². The summed E-state index contributed by atoms with van der Waals surface area (Å²) in [5.74, 6) is 1.70. The van der Waals surface area contributed by atoms with Crippen LogP contribution in [-0.4, -0.2) is 6.71 Å². The summed E-state index contributed by atoms with van der Waals surface area (Å²) >= 11 is 0. The van der Waals surface area contributed by atoms with Crippen LogP contribution in [0.1, 0.15) is 58.2 Å². The molecule has 0 unspecified atom stereocenters. The van der Waals surface area contributed by atoms with Crippen LogP contribution in [-0.2, 0) is 10.8 Å². The van der Waals surface area contributed by atoms with Crippen LogP contribution in [0.25, 0.3) is 66.8 Å². The first-order chi connectivity index (χ1) is 34.9. The Balaban J connectivity index is 1.10. The summed E-state index contributed by atoms with van der Waals surface area (Å²) in [6.07, 6.45) is 0. The molecular weight excluding hydrogens is 876 g/mol. The van der Waals surface area contributed by atoms with E-state index >= 15 is 0 Å². The van der Waals surface area contributed by atoms with Crippen LogP contribution < -0.4 is 26.2 Å².